The van der Waals surface area contributed by atoms with Crippen LogP contribution in [0.5, 0.6) is 0 Å². The minimum atomic E-state index is -0.860. The Morgan fingerprint density at radius 1 is 1.35 bits per heavy atom. The van der Waals surface area contributed by atoms with Crippen molar-refractivity contribution in [3.63, 3.8) is 0 Å². The first-order valence-corrected chi connectivity index (χ1v) is 5.79. The Bertz CT molecular complexity index is 330. The van der Waals surface area contributed by atoms with E-state index >= 15 is 0 Å². The van der Waals surface area contributed by atoms with E-state index in [1.165, 1.54) is 4.90 Å². The first-order valence-electron chi connectivity index (χ1n) is 5.79. The van der Waals surface area contributed by atoms with Crippen molar-refractivity contribution in [1.29, 1.82) is 0 Å². The zero-order chi connectivity index (χ0) is 13.4. The summed E-state index contributed by atoms with van der Waals surface area (Å²) in [7, 11) is 0. The van der Waals surface area contributed by atoms with Crippen molar-refractivity contribution < 1.29 is 19.4 Å². The maximum absolute atomic E-state index is 12.0. The number of carboxylic acid groups (broad SMARTS) is 1. The highest BCUT2D eigenvalue weighted by Crippen LogP contribution is 2.35. The number of carbonyl (C=O) groups excluding carboxylic acids is 1. The molecule has 1 aliphatic heterocycles. The monoisotopic (exact) mass is 243 g/mol. The fourth-order valence-electron chi connectivity index (χ4n) is 2.16. The Balaban J connectivity index is 2.81. The molecule has 1 N–H and O–H groups in total. The van der Waals surface area contributed by atoms with E-state index in [4.69, 9.17) is 9.84 Å². The second kappa shape index (κ2) is 4.20. The molecule has 0 bridgehead atoms. The van der Waals surface area contributed by atoms with Crippen molar-refractivity contribution in [3.05, 3.63) is 0 Å². The van der Waals surface area contributed by atoms with Gasteiger partial charge in [0.25, 0.3) is 0 Å². The van der Waals surface area contributed by atoms with E-state index in [1.54, 1.807) is 34.6 Å². The van der Waals surface area contributed by atoms with Crippen LogP contribution in [0.3, 0.4) is 0 Å². The van der Waals surface area contributed by atoms with Crippen LogP contribution in [0.1, 0.15) is 41.0 Å². The summed E-state index contributed by atoms with van der Waals surface area (Å²) < 4.78 is 5.28. The van der Waals surface area contributed by atoms with E-state index in [9.17, 15) is 9.59 Å². The lowest BCUT2D eigenvalue weighted by atomic mass is 9.89. The summed E-state index contributed by atoms with van der Waals surface area (Å²) in [4.78, 5) is 24.6. The topological polar surface area (TPSA) is 66.8 Å². The third kappa shape index (κ3) is 2.90. The predicted octanol–water partition coefficient (Wildman–Crippen LogP) is 2.11. The molecule has 17 heavy (non-hydrogen) atoms. The lowest BCUT2D eigenvalue weighted by Crippen LogP contribution is -2.49. The molecule has 0 spiro atoms. The van der Waals surface area contributed by atoms with E-state index in [0.717, 1.165) is 0 Å². The number of carboxylic acids is 1. The van der Waals surface area contributed by atoms with Gasteiger partial charge in [-0.1, -0.05) is 0 Å². The largest absolute Gasteiger partial charge is 0.481 e. The van der Waals surface area contributed by atoms with Crippen LogP contribution in [0, 0.1) is 5.92 Å². The summed E-state index contributed by atoms with van der Waals surface area (Å²) >= 11 is 0. The van der Waals surface area contributed by atoms with Gasteiger partial charge in [0, 0.05) is 6.54 Å². The molecule has 1 heterocycles. The van der Waals surface area contributed by atoms with Gasteiger partial charge in [0.15, 0.2) is 0 Å². The highest BCUT2D eigenvalue weighted by Gasteiger charge is 2.48. The number of hydrogen-bond donors (Lipinski definition) is 1. The van der Waals surface area contributed by atoms with Crippen LogP contribution in [0.25, 0.3) is 0 Å². The average Bonchev–Trinajstić information content (AvgIpc) is 2.37. The van der Waals surface area contributed by atoms with Crippen molar-refractivity contribution in [1.82, 2.24) is 4.90 Å². The summed E-state index contributed by atoms with van der Waals surface area (Å²) in [5.41, 5.74) is -1.26. The minimum Gasteiger partial charge on any atom is -0.481 e. The number of rotatable bonds is 1. The third-order valence-corrected chi connectivity index (χ3v) is 3.10. The molecule has 5 heteroatoms. The van der Waals surface area contributed by atoms with Gasteiger partial charge in [0.2, 0.25) is 0 Å². The van der Waals surface area contributed by atoms with Crippen molar-refractivity contribution in [2.24, 2.45) is 5.92 Å². The molecule has 0 aromatic heterocycles. The summed E-state index contributed by atoms with van der Waals surface area (Å²) in [6, 6.07) is 0. The molecule has 0 radical (unpaired) electrons. The number of ether oxygens (including phenoxy) is 1. The van der Waals surface area contributed by atoms with Crippen molar-refractivity contribution in [3.8, 4) is 0 Å². The first-order chi connectivity index (χ1) is 7.55. The molecule has 1 aliphatic rings. The zero-order valence-electron chi connectivity index (χ0n) is 11.1. The summed E-state index contributed by atoms with van der Waals surface area (Å²) in [5.74, 6) is -1.39. The summed E-state index contributed by atoms with van der Waals surface area (Å²) in [6.07, 6.45) is 0.0351. The first kappa shape index (κ1) is 13.8. The maximum atomic E-state index is 12.0. The van der Waals surface area contributed by atoms with E-state index in [2.05, 4.69) is 0 Å². The van der Waals surface area contributed by atoms with Crippen LogP contribution < -0.4 is 0 Å². The molecule has 1 saturated heterocycles. The molecule has 1 fully saturated rings. The van der Waals surface area contributed by atoms with E-state index in [0.29, 0.717) is 13.0 Å². The highest BCUT2D eigenvalue weighted by molar-refractivity contribution is 5.76. The molecule has 0 saturated carbocycles. The van der Waals surface area contributed by atoms with Gasteiger partial charge in [-0.3, -0.25) is 4.79 Å². The number of amides is 1. The van der Waals surface area contributed by atoms with Crippen LogP contribution in [-0.2, 0) is 9.53 Å². The Morgan fingerprint density at radius 2 is 1.88 bits per heavy atom. The second-order valence-electron chi connectivity index (χ2n) is 5.97. The zero-order valence-corrected chi connectivity index (χ0v) is 11.1. The number of aliphatic carboxylic acids is 1. The molecule has 1 unspecified atom stereocenters. The molecule has 1 rings (SSSR count). The van der Waals surface area contributed by atoms with E-state index < -0.39 is 29.1 Å². The van der Waals surface area contributed by atoms with Gasteiger partial charge < -0.3 is 14.7 Å². The third-order valence-electron chi connectivity index (χ3n) is 3.10. The molecule has 1 amide bonds. The van der Waals surface area contributed by atoms with Gasteiger partial charge in [0.05, 0.1) is 11.5 Å². The lowest BCUT2D eigenvalue weighted by Gasteiger charge is -2.35. The Kier molecular flexibility index (Phi) is 3.41. The van der Waals surface area contributed by atoms with Crippen LogP contribution in [0.4, 0.5) is 4.79 Å². The number of likely N-dealkylation sites (tertiary alicyclic amines) is 1. The minimum absolute atomic E-state index is 0.429. The van der Waals surface area contributed by atoms with Gasteiger partial charge in [0.1, 0.15) is 5.60 Å². The van der Waals surface area contributed by atoms with Crippen LogP contribution in [0.2, 0.25) is 0 Å². The van der Waals surface area contributed by atoms with Crippen molar-refractivity contribution >= 4 is 12.1 Å². The van der Waals surface area contributed by atoms with Gasteiger partial charge >= 0.3 is 12.1 Å². The van der Waals surface area contributed by atoms with Gasteiger partial charge in [-0.2, -0.15) is 0 Å². The van der Waals surface area contributed by atoms with Gasteiger partial charge in [-0.05, 0) is 41.0 Å². The fraction of sp³-hybridized carbons (Fsp3) is 0.833. The number of nitrogens with zero attached hydrogens (tertiary/aromatic N) is 1. The molecule has 0 aromatic carbocycles. The molecule has 98 valence electrons. The number of carbonyl (C=O) groups is 2. The Labute approximate surface area is 102 Å². The van der Waals surface area contributed by atoms with Gasteiger partial charge in [-0.25, -0.2) is 4.79 Å². The molecule has 0 aliphatic carbocycles. The standard InChI is InChI=1S/C12H21NO4/c1-11(2,3)17-10(16)13-7-6-8(9(14)15)12(13,4)5/h8H,6-7H2,1-5H3,(H,14,15). The normalized spacial score (nSPS) is 23.6. The van der Waals surface area contributed by atoms with Crippen molar-refractivity contribution in [2.75, 3.05) is 6.54 Å². The SMILES string of the molecule is CC(C)(C)OC(=O)N1CCC(C(=O)O)C1(C)C. The molecule has 0 aromatic rings. The van der Waals surface area contributed by atoms with E-state index in [1.807, 2.05) is 0 Å². The van der Waals surface area contributed by atoms with Crippen LogP contribution in [-0.4, -0.2) is 39.8 Å². The average molecular weight is 243 g/mol. The summed E-state index contributed by atoms with van der Waals surface area (Å²) in [6.45, 7) is 9.35. The molecular formula is C12H21NO4. The fourth-order valence-corrected chi connectivity index (χ4v) is 2.16. The van der Waals surface area contributed by atoms with Crippen LogP contribution >= 0.6 is 0 Å². The second-order valence-corrected chi connectivity index (χ2v) is 5.97. The van der Waals surface area contributed by atoms with E-state index in [-0.39, 0.29) is 0 Å². The number of hydrogen-bond acceptors (Lipinski definition) is 3. The van der Waals surface area contributed by atoms with Crippen LogP contribution in [0.15, 0.2) is 0 Å². The van der Waals surface area contributed by atoms with Crippen molar-refractivity contribution in [2.45, 2.75) is 52.2 Å². The quantitative estimate of drug-likeness (QED) is 0.766. The summed E-state index contributed by atoms with van der Waals surface area (Å²) in [5, 5.41) is 9.10. The predicted molar refractivity (Wildman–Crippen MR) is 62.8 cm³/mol. The molecular weight excluding hydrogens is 222 g/mol. The lowest BCUT2D eigenvalue weighted by molar-refractivity contribution is -0.144. The Morgan fingerprint density at radius 3 is 2.24 bits per heavy atom. The Hall–Kier alpha value is -1.26. The highest BCUT2D eigenvalue weighted by atomic mass is 16.6. The smallest absolute Gasteiger partial charge is 0.410 e. The maximum Gasteiger partial charge on any atom is 0.410 e. The molecule has 5 nitrogen and oxygen atoms in total. The molecule has 1 atom stereocenters. The van der Waals surface area contributed by atoms with Gasteiger partial charge in [-0.15, -0.1) is 0 Å².